The molecule has 3 atom stereocenters. The van der Waals surface area contributed by atoms with E-state index in [-0.39, 0.29) is 18.0 Å². The highest BCUT2D eigenvalue weighted by atomic mass is 16.6. The number of benzene rings is 1. The molecule has 1 heterocycles. The molecule has 1 aromatic rings. The number of rotatable bonds is 1. The van der Waals surface area contributed by atoms with Gasteiger partial charge in [-0.15, -0.1) is 0 Å². The zero-order valence-corrected chi connectivity index (χ0v) is 10.7. The van der Waals surface area contributed by atoms with Gasteiger partial charge < -0.3 is 4.74 Å². The molecule has 0 bridgehead atoms. The van der Waals surface area contributed by atoms with E-state index in [1.807, 2.05) is 37.3 Å². The molecule has 2 aliphatic rings. The predicted octanol–water partition coefficient (Wildman–Crippen LogP) is 3.23. The van der Waals surface area contributed by atoms with E-state index in [4.69, 9.17) is 4.74 Å². The highest BCUT2D eigenvalue weighted by Crippen LogP contribution is 2.49. The zero-order valence-electron chi connectivity index (χ0n) is 10.7. The zero-order chi connectivity index (χ0) is 12.8. The van der Waals surface area contributed by atoms with Crippen molar-refractivity contribution in [2.75, 3.05) is 0 Å². The second kappa shape index (κ2) is 3.98. The SMILES string of the molecule is C=C1CCC2[C@@H](C1)OC(=O)C2(C)c1ccccc1. The normalized spacial score (nSPS) is 35.2. The summed E-state index contributed by atoms with van der Waals surface area (Å²) in [6.07, 6.45) is 2.88. The van der Waals surface area contributed by atoms with Gasteiger partial charge in [0.15, 0.2) is 0 Å². The summed E-state index contributed by atoms with van der Waals surface area (Å²) in [5, 5.41) is 0. The molecule has 1 aliphatic carbocycles. The minimum atomic E-state index is -0.480. The summed E-state index contributed by atoms with van der Waals surface area (Å²) < 4.78 is 5.61. The first kappa shape index (κ1) is 11.5. The second-order valence-corrected chi connectivity index (χ2v) is 5.61. The molecule has 1 aromatic carbocycles. The molecule has 1 saturated carbocycles. The van der Waals surface area contributed by atoms with Gasteiger partial charge in [0.1, 0.15) is 6.10 Å². The first-order chi connectivity index (χ1) is 8.62. The third kappa shape index (κ3) is 1.52. The Hall–Kier alpha value is -1.57. The summed E-state index contributed by atoms with van der Waals surface area (Å²) >= 11 is 0. The lowest BCUT2D eigenvalue weighted by atomic mass is 9.66. The van der Waals surface area contributed by atoms with Gasteiger partial charge in [0.05, 0.1) is 5.41 Å². The average molecular weight is 242 g/mol. The summed E-state index contributed by atoms with van der Waals surface area (Å²) in [5.41, 5.74) is 1.81. The van der Waals surface area contributed by atoms with Crippen molar-refractivity contribution in [3.63, 3.8) is 0 Å². The Morgan fingerprint density at radius 1 is 1.33 bits per heavy atom. The highest BCUT2D eigenvalue weighted by molar-refractivity contribution is 5.85. The Bertz CT molecular complexity index is 491. The van der Waals surface area contributed by atoms with Crippen LogP contribution in [0.1, 0.15) is 31.7 Å². The first-order valence-corrected chi connectivity index (χ1v) is 6.55. The molecule has 1 saturated heterocycles. The topological polar surface area (TPSA) is 26.3 Å². The molecule has 18 heavy (non-hydrogen) atoms. The average Bonchev–Trinajstić information content (AvgIpc) is 2.63. The van der Waals surface area contributed by atoms with E-state index in [1.54, 1.807) is 0 Å². The van der Waals surface area contributed by atoms with Crippen molar-refractivity contribution in [2.45, 2.75) is 37.7 Å². The standard InChI is InChI=1S/C16H18O2/c1-11-8-9-13-14(10-11)18-15(17)16(13,2)12-6-4-3-5-7-12/h3-7,13-14H,1,8-10H2,2H3/t13?,14-,16?/m1/s1. The van der Waals surface area contributed by atoms with Crippen LogP contribution in [0.25, 0.3) is 0 Å². The van der Waals surface area contributed by atoms with Crippen LogP contribution in [0.3, 0.4) is 0 Å². The van der Waals surface area contributed by atoms with Crippen LogP contribution in [0.2, 0.25) is 0 Å². The molecular formula is C16H18O2. The number of hydrogen-bond donors (Lipinski definition) is 0. The number of carbonyl (C=O) groups is 1. The molecule has 1 aliphatic heterocycles. The lowest BCUT2D eigenvalue weighted by molar-refractivity contribution is -0.145. The Morgan fingerprint density at radius 3 is 2.78 bits per heavy atom. The van der Waals surface area contributed by atoms with Gasteiger partial charge in [-0.05, 0) is 25.3 Å². The summed E-state index contributed by atoms with van der Waals surface area (Å²) in [4.78, 5) is 12.3. The molecule has 0 amide bonds. The van der Waals surface area contributed by atoms with Crippen LogP contribution >= 0.6 is 0 Å². The number of fused-ring (bicyclic) bond motifs is 1. The fraction of sp³-hybridized carbons (Fsp3) is 0.438. The molecule has 0 spiro atoms. The van der Waals surface area contributed by atoms with E-state index in [0.29, 0.717) is 0 Å². The molecule has 2 unspecified atom stereocenters. The third-order valence-electron chi connectivity index (χ3n) is 4.55. The van der Waals surface area contributed by atoms with Gasteiger partial charge in [0, 0.05) is 12.3 Å². The van der Waals surface area contributed by atoms with Gasteiger partial charge >= 0.3 is 5.97 Å². The van der Waals surface area contributed by atoms with Crippen molar-refractivity contribution in [1.29, 1.82) is 0 Å². The van der Waals surface area contributed by atoms with E-state index in [0.717, 1.165) is 24.8 Å². The number of ether oxygens (including phenoxy) is 1. The Morgan fingerprint density at radius 2 is 2.06 bits per heavy atom. The molecule has 0 N–H and O–H groups in total. The maximum atomic E-state index is 12.3. The maximum absolute atomic E-state index is 12.3. The van der Waals surface area contributed by atoms with E-state index < -0.39 is 5.41 Å². The minimum absolute atomic E-state index is 0.0314. The molecule has 94 valence electrons. The van der Waals surface area contributed by atoms with Gasteiger partial charge in [-0.25, -0.2) is 0 Å². The second-order valence-electron chi connectivity index (χ2n) is 5.61. The monoisotopic (exact) mass is 242 g/mol. The van der Waals surface area contributed by atoms with Crippen molar-refractivity contribution in [3.05, 3.63) is 48.0 Å². The summed E-state index contributed by atoms with van der Waals surface area (Å²) in [6, 6.07) is 10.0. The third-order valence-corrected chi connectivity index (χ3v) is 4.55. The van der Waals surface area contributed by atoms with Gasteiger partial charge in [-0.3, -0.25) is 4.79 Å². The number of hydrogen-bond acceptors (Lipinski definition) is 2. The first-order valence-electron chi connectivity index (χ1n) is 6.55. The maximum Gasteiger partial charge on any atom is 0.317 e. The van der Waals surface area contributed by atoms with Crippen LogP contribution < -0.4 is 0 Å². The van der Waals surface area contributed by atoms with Crippen molar-refractivity contribution in [1.82, 2.24) is 0 Å². The van der Waals surface area contributed by atoms with E-state index in [2.05, 4.69) is 6.58 Å². The Labute approximate surface area is 108 Å². The van der Waals surface area contributed by atoms with Crippen LogP contribution in [-0.2, 0) is 14.9 Å². The van der Waals surface area contributed by atoms with Gasteiger partial charge in [0.2, 0.25) is 0 Å². The lowest BCUT2D eigenvalue weighted by Crippen LogP contribution is -2.37. The van der Waals surface area contributed by atoms with Crippen molar-refractivity contribution in [2.24, 2.45) is 5.92 Å². The number of carbonyl (C=O) groups excluding carboxylic acids is 1. The summed E-state index contributed by atoms with van der Waals surface area (Å²) in [5.74, 6) is 0.219. The van der Waals surface area contributed by atoms with Gasteiger partial charge in [-0.2, -0.15) is 0 Å². The minimum Gasteiger partial charge on any atom is -0.461 e. The fourth-order valence-electron chi connectivity index (χ4n) is 3.39. The van der Waals surface area contributed by atoms with Gasteiger partial charge in [-0.1, -0.05) is 42.5 Å². The van der Waals surface area contributed by atoms with Crippen LogP contribution in [0.5, 0.6) is 0 Å². The molecule has 0 aromatic heterocycles. The van der Waals surface area contributed by atoms with E-state index in [9.17, 15) is 4.79 Å². The summed E-state index contributed by atoms with van der Waals surface area (Å²) in [7, 11) is 0. The molecule has 2 heteroatoms. The smallest absolute Gasteiger partial charge is 0.317 e. The fourth-order valence-corrected chi connectivity index (χ4v) is 3.39. The lowest BCUT2D eigenvalue weighted by Gasteiger charge is -2.33. The van der Waals surface area contributed by atoms with Crippen molar-refractivity contribution < 1.29 is 9.53 Å². The van der Waals surface area contributed by atoms with Crippen molar-refractivity contribution >= 4 is 5.97 Å². The van der Waals surface area contributed by atoms with Crippen LogP contribution in [-0.4, -0.2) is 12.1 Å². The van der Waals surface area contributed by atoms with Crippen molar-refractivity contribution in [3.8, 4) is 0 Å². The number of esters is 1. The van der Waals surface area contributed by atoms with Gasteiger partial charge in [0.25, 0.3) is 0 Å². The molecule has 3 rings (SSSR count). The van der Waals surface area contributed by atoms with Crippen LogP contribution in [0.4, 0.5) is 0 Å². The molecule has 2 nitrogen and oxygen atoms in total. The molecule has 0 radical (unpaired) electrons. The van der Waals surface area contributed by atoms with E-state index >= 15 is 0 Å². The van der Waals surface area contributed by atoms with Crippen LogP contribution in [0, 0.1) is 5.92 Å². The Balaban J connectivity index is 2.01. The quantitative estimate of drug-likeness (QED) is 0.558. The molecular weight excluding hydrogens is 224 g/mol. The van der Waals surface area contributed by atoms with E-state index in [1.165, 1.54) is 5.57 Å². The summed E-state index contributed by atoms with van der Waals surface area (Å²) in [6.45, 7) is 6.06. The van der Waals surface area contributed by atoms with Crippen LogP contribution in [0.15, 0.2) is 42.5 Å². The predicted molar refractivity (Wildman–Crippen MR) is 70.2 cm³/mol. The Kier molecular flexibility index (Phi) is 2.54. The highest BCUT2D eigenvalue weighted by Gasteiger charge is 2.55. The largest absolute Gasteiger partial charge is 0.461 e. The molecule has 2 fully saturated rings.